The van der Waals surface area contributed by atoms with Crippen molar-refractivity contribution in [2.45, 2.75) is 6.18 Å². The molecule has 0 saturated heterocycles. The molecule has 1 aromatic carbocycles. The van der Waals surface area contributed by atoms with Gasteiger partial charge in [-0.15, -0.1) is 0 Å². The molecule has 1 heterocycles. The minimum Gasteiger partial charge on any atom is -0.478 e. The number of pyridine rings is 1. The van der Waals surface area contributed by atoms with Gasteiger partial charge in [0.15, 0.2) is 0 Å². The van der Waals surface area contributed by atoms with Crippen LogP contribution in [-0.2, 0) is 6.18 Å². The van der Waals surface area contributed by atoms with Crippen LogP contribution in [0, 0.1) is 0 Å². The van der Waals surface area contributed by atoms with Crippen LogP contribution in [-0.4, -0.2) is 16.1 Å². The Hall–Kier alpha value is -1.79. The highest BCUT2D eigenvalue weighted by atomic mass is 35.5. The number of aromatic nitrogens is 1. The molecule has 0 fully saturated rings. The Bertz CT molecular complexity index is 717. The van der Waals surface area contributed by atoms with Crippen molar-refractivity contribution in [1.29, 1.82) is 0 Å². The minimum atomic E-state index is -4.90. The molecule has 0 radical (unpaired) electrons. The summed E-state index contributed by atoms with van der Waals surface area (Å²) in [7, 11) is 0. The fourth-order valence-electron chi connectivity index (χ4n) is 1.81. The fourth-order valence-corrected chi connectivity index (χ4v) is 2.19. The molecule has 0 aliphatic carbocycles. The van der Waals surface area contributed by atoms with Gasteiger partial charge in [0, 0.05) is 16.8 Å². The monoisotopic (exact) mass is 335 g/mol. The van der Waals surface area contributed by atoms with Gasteiger partial charge in [0.05, 0.1) is 21.8 Å². The smallest absolute Gasteiger partial charge is 0.419 e. The zero-order chi connectivity index (χ0) is 15.8. The predicted molar refractivity (Wildman–Crippen MR) is 71.7 cm³/mol. The lowest BCUT2D eigenvalue weighted by Gasteiger charge is -2.15. The van der Waals surface area contributed by atoms with Crippen molar-refractivity contribution in [2.75, 3.05) is 0 Å². The van der Waals surface area contributed by atoms with E-state index in [1.807, 2.05) is 0 Å². The summed E-state index contributed by atoms with van der Waals surface area (Å²) in [5.41, 5.74) is -2.92. The van der Waals surface area contributed by atoms with Gasteiger partial charge in [0.1, 0.15) is 0 Å². The van der Waals surface area contributed by atoms with Gasteiger partial charge in [0.2, 0.25) is 0 Å². The molecule has 0 amide bonds. The summed E-state index contributed by atoms with van der Waals surface area (Å²) >= 11 is 11.6. The summed E-state index contributed by atoms with van der Waals surface area (Å²) in [6.07, 6.45) is -3.92. The number of rotatable bonds is 2. The number of hydrogen-bond acceptors (Lipinski definition) is 2. The maximum Gasteiger partial charge on any atom is 0.419 e. The highest BCUT2D eigenvalue weighted by Gasteiger charge is 2.39. The van der Waals surface area contributed by atoms with Crippen LogP contribution in [0.25, 0.3) is 11.3 Å². The summed E-state index contributed by atoms with van der Waals surface area (Å²) in [6.45, 7) is 0. The Balaban J connectivity index is 2.84. The van der Waals surface area contributed by atoms with E-state index in [1.165, 1.54) is 18.2 Å². The molecule has 0 aliphatic heterocycles. The Morgan fingerprint density at radius 3 is 2.43 bits per heavy atom. The first-order valence-corrected chi connectivity index (χ1v) is 6.22. The SMILES string of the molecule is O=C(O)c1ccnc(-c2cc(Cl)ccc2Cl)c1C(F)(F)F. The summed E-state index contributed by atoms with van der Waals surface area (Å²) < 4.78 is 39.6. The standard InChI is InChI=1S/C13H6Cl2F3NO2/c14-6-1-2-9(15)8(5-6)11-10(13(16,17)18)7(12(20)21)3-4-19-11/h1-5H,(H,20,21). The minimum absolute atomic E-state index is 0.0139. The zero-order valence-corrected chi connectivity index (χ0v) is 11.6. The second-order valence-corrected chi connectivity index (χ2v) is 4.85. The molecule has 1 N–H and O–H groups in total. The number of carboxylic acids is 1. The Kier molecular flexibility index (Phi) is 4.11. The van der Waals surface area contributed by atoms with E-state index in [4.69, 9.17) is 28.3 Å². The lowest BCUT2D eigenvalue weighted by Crippen LogP contribution is -2.15. The van der Waals surface area contributed by atoms with E-state index in [1.54, 1.807) is 0 Å². The number of carbonyl (C=O) groups is 1. The third-order valence-corrected chi connectivity index (χ3v) is 3.21. The average molecular weight is 336 g/mol. The number of carboxylic acid groups (broad SMARTS) is 1. The highest BCUT2D eigenvalue weighted by molar-refractivity contribution is 6.35. The van der Waals surface area contributed by atoms with Gasteiger partial charge in [0.25, 0.3) is 0 Å². The van der Waals surface area contributed by atoms with E-state index in [0.717, 1.165) is 12.3 Å². The van der Waals surface area contributed by atoms with Crippen molar-refractivity contribution < 1.29 is 23.1 Å². The molecular weight excluding hydrogens is 330 g/mol. The largest absolute Gasteiger partial charge is 0.478 e. The van der Waals surface area contributed by atoms with Crippen molar-refractivity contribution in [3.63, 3.8) is 0 Å². The topological polar surface area (TPSA) is 50.2 Å². The van der Waals surface area contributed by atoms with Crippen molar-refractivity contribution >= 4 is 29.2 Å². The molecule has 0 spiro atoms. The first-order chi connectivity index (χ1) is 9.71. The van der Waals surface area contributed by atoms with Crippen LogP contribution >= 0.6 is 23.2 Å². The Morgan fingerprint density at radius 2 is 1.86 bits per heavy atom. The molecule has 21 heavy (non-hydrogen) atoms. The third kappa shape index (κ3) is 3.11. The quantitative estimate of drug-likeness (QED) is 0.859. The van der Waals surface area contributed by atoms with Gasteiger partial charge < -0.3 is 5.11 Å². The van der Waals surface area contributed by atoms with Gasteiger partial charge >= 0.3 is 12.1 Å². The molecule has 0 bridgehead atoms. The normalized spacial score (nSPS) is 11.5. The zero-order valence-electron chi connectivity index (χ0n) is 10.1. The maximum absolute atomic E-state index is 13.2. The van der Waals surface area contributed by atoms with E-state index in [9.17, 15) is 18.0 Å². The molecule has 2 rings (SSSR count). The molecule has 110 valence electrons. The summed E-state index contributed by atoms with van der Waals surface area (Å²) in [4.78, 5) is 14.7. The van der Waals surface area contributed by atoms with Gasteiger partial charge in [-0.2, -0.15) is 13.2 Å². The molecular formula is C13H6Cl2F3NO2. The molecule has 1 aromatic heterocycles. The third-order valence-electron chi connectivity index (χ3n) is 2.65. The molecule has 3 nitrogen and oxygen atoms in total. The lowest BCUT2D eigenvalue weighted by molar-refractivity contribution is -0.137. The average Bonchev–Trinajstić information content (AvgIpc) is 2.39. The Morgan fingerprint density at radius 1 is 1.19 bits per heavy atom. The number of alkyl halides is 3. The molecule has 2 aromatic rings. The van der Waals surface area contributed by atoms with E-state index in [2.05, 4.69) is 4.98 Å². The molecule has 0 aliphatic rings. The molecule has 8 heteroatoms. The lowest BCUT2D eigenvalue weighted by atomic mass is 10.0. The van der Waals surface area contributed by atoms with Crippen LogP contribution in [0.4, 0.5) is 13.2 Å². The first kappa shape index (κ1) is 15.6. The van der Waals surface area contributed by atoms with Crippen LogP contribution in [0.5, 0.6) is 0 Å². The van der Waals surface area contributed by atoms with E-state index < -0.39 is 29.0 Å². The number of nitrogens with zero attached hydrogens (tertiary/aromatic N) is 1. The highest BCUT2D eigenvalue weighted by Crippen LogP contribution is 2.40. The van der Waals surface area contributed by atoms with Gasteiger partial charge in [-0.25, -0.2) is 4.79 Å². The van der Waals surface area contributed by atoms with Crippen molar-refractivity contribution in [2.24, 2.45) is 0 Å². The molecule has 0 saturated carbocycles. The van der Waals surface area contributed by atoms with E-state index in [0.29, 0.717) is 0 Å². The number of halogens is 5. The first-order valence-electron chi connectivity index (χ1n) is 5.46. The number of aromatic carboxylic acids is 1. The Labute approximate surface area is 126 Å². The molecule has 0 atom stereocenters. The van der Waals surface area contributed by atoms with Crippen LogP contribution in [0.1, 0.15) is 15.9 Å². The van der Waals surface area contributed by atoms with Crippen LogP contribution < -0.4 is 0 Å². The van der Waals surface area contributed by atoms with Crippen LogP contribution in [0.3, 0.4) is 0 Å². The summed E-state index contributed by atoms with van der Waals surface area (Å²) in [5, 5.41) is 9.08. The maximum atomic E-state index is 13.2. The summed E-state index contributed by atoms with van der Waals surface area (Å²) in [6, 6.07) is 4.70. The van der Waals surface area contributed by atoms with Crippen molar-refractivity contribution in [1.82, 2.24) is 4.98 Å². The van der Waals surface area contributed by atoms with Crippen LogP contribution in [0.2, 0.25) is 10.0 Å². The number of hydrogen-bond donors (Lipinski definition) is 1. The van der Waals surface area contributed by atoms with Gasteiger partial charge in [-0.1, -0.05) is 23.2 Å². The van der Waals surface area contributed by atoms with Gasteiger partial charge in [-0.3, -0.25) is 4.98 Å². The van der Waals surface area contributed by atoms with Gasteiger partial charge in [-0.05, 0) is 24.3 Å². The van der Waals surface area contributed by atoms with Crippen LogP contribution in [0.15, 0.2) is 30.5 Å². The second-order valence-electron chi connectivity index (χ2n) is 4.01. The predicted octanol–water partition coefficient (Wildman–Crippen LogP) is 4.77. The van der Waals surface area contributed by atoms with Crippen molar-refractivity contribution in [3.8, 4) is 11.3 Å². The summed E-state index contributed by atoms with van der Waals surface area (Å²) in [5.74, 6) is -1.70. The van der Waals surface area contributed by atoms with Crippen molar-refractivity contribution in [3.05, 3.63) is 51.6 Å². The molecule has 0 unspecified atom stereocenters. The second kappa shape index (κ2) is 5.54. The number of benzene rings is 1. The van der Waals surface area contributed by atoms with E-state index in [-0.39, 0.29) is 15.6 Å². The van der Waals surface area contributed by atoms with E-state index >= 15 is 0 Å². The fraction of sp³-hybridized carbons (Fsp3) is 0.0769.